The molecule has 0 bridgehead atoms. The number of carbonyl (C=O) groups is 1. The van der Waals surface area contributed by atoms with Gasteiger partial charge < -0.3 is 18.9 Å². The van der Waals surface area contributed by atoms with Crippen LogP contribution in [0.5, 0.6) is 17.2 Å². The van der Waals surface area contributed by atoms with Gasteiger partial charge in [0.2, 0.25) is 0 Å². The maximum absolute atomic E-state index is 14.2. The second kappa shape index (κ2) is 14.9. The van der Waals surface area contributed by atoms with Gasteiger partial charge in [-0.1, -0.05) is 60.0 Å². The zero-order valence-corrected chi connectivity index (χ0v) is 29.5. The van der Waals surface area contributed by atoms with Crippen LogP contribution in [0.15, 0.2) is 80.1 Å². The van der Waals surface area contributed by atoms with E-state index in [1.807, 2.05) is 31.2 Å². The molecular weight excluding hydrogens is 715 g/mol. The van der Waals surface area contributed by atoms with Crippen LogP contribution in [0.2, 0.25) is 10.0 Å². The van der Waals surface area contributed by atoms with Crippen molar-refractivity contribution >= 4 is 62.5 Å². The molecule has 0 spiro atoms. The van der Waals surface area contributed by atoms with Crippen molar-refractivity contribution in [3.05, 3.63) is 117 Å². The number of fused-ring (bicyclic) bond motifs is 1. The topological polar surface area (TPSA) is 88.4 Å². The number of thiazole rings is 1. The smallest absolute Gasteiger partial charge is 0.338 e. The van der Waals surface area contributed by atoms with Crippen molar-refractivity contribution < 1.29 is 23.7 Å². The average molecular weight is 747 g/mol. The predicted molar refractivity (Wildman–Crippen MR) is 184 cm³/mol. The number of methoxy groups -OCH3 is 2. The third-order valence-electron chi connectivity index (χ3n) is 7.28. The van der Waals surface area contributed by atoms with Gasteiger partial charge in [0.05, 0.1) is 41.1 Å². The first-order valence-electron chi connectivity index (χ1n) is 14.5. The van der Waals surface area contributed by atoms with Crippen molar-refractivity contribution in [2.45, 2.75) is 39.3 Å². The van der Waals surface area contributed by atoms with E-state index >= 15 is 0 Å². The summed E-state index contributed by atoms with van der Waals surface area (Å²) in [7, 11) is 3.11. The van der Waals surface area contributed by atoms with Gasteiger partial charge in [-0.05, 0) is 83.4 Å². The number of ether oxygens (including phenoxy) is 4. The van der Waals surface area contributed by atoms with E-state index < -0.39 is 12.0 Å². The number of nitrogens with zero attached hydrogens (tertiary/aromatic N) is 2. The molecule has 0 unspecified atom stereocenters. The van der Waals surface area contributed by atoms with Gasteiger partial charge in [0.1, 0.15) is 29.9 Å². The SMILES string of the molecule is CCCC1=C(C(=O)OCC)[C@@H](c2cc(OC)ccc2OC)n2c(s/c(=C\c3ccc(OCc4ccc(Cl)cc4Cl)c(Br)c3)c2=O)=N1. The Labute approximate surface area is 288 Å². The highest BCUT2D eigenvalue weighted by atomic mass is 79.9. The summed E-state index contributed by atoms with van der Waals surface area (Å²) in [5.41, 5.74) is 2.74. The van der Waals surface area contributed by atoms with Crippen LogP contribution in [0.3, 0.4) is 0 Å². The molecule has 8 nitrogen and oxygen atoms in total. The lowest BCUT2D eigenvalue weighted by Gasteiger charge is -2.27. The maximum atomic E-state index is 14.2. The van der Waals surface area contributed by atoms with Crippen molar-refractivity contribution in [2.24, 2.45) is 4.99 Å². The lowest BCUT2D eigenvalue weighted by molar-refractivity contribution is -0.139. The number of halogens is 3. The Morgan fingerprint density at radius 1 is 1.04 bits per heavy atom. The Balaban J connectivity index is 1.60. The van der Waals surface area contributed by atoms with Gasteiger partial charge in [0, 0.05) is 21.2 Å². The standard InChI is InChI=1S/C34H31BrCl2N2O6S/c1-5-7-26-30(33(41)44-6-2)31(23-17-22(42-3)11-13-27(23)43-4)39-32(40)29(46-34(39)38-26)15-19-8-12-28(24(35)14-19)45-18-20-9-10-21(36)16-25(20)37/h8-17,31H,5-7,18H2,1-4H3/b29-15-/t31-/m1/s1. The van der Waals surface area contributed by atoms with Crippen molar-refractivity contribution in [1.82, 2.24) is 4.57 Å². The van der Waals surface area contributed by atoms with Gasteiger partial charge in [-0.15, -0.1) is 0 Å². The lowest BCUT2D eigenvalue weighted by Crippen LogP contribution is -2.40. The van der Waals surface area contributed by atoms with E-state index in [0.717, 1.165) is 17.5 Å². The normalized spacial score (nSPS) is 14.5. The van der Waals surface area contributed by atoms with E-state index in [1.54, 1.807) is 62.1 Å². The Morgan fingerprint density at radius 3 is 2.50 bits per heavy atom. The first-order valence-corrected chi connectivity index (χ1v) is 16.9. The Bertz CT molecular complexity index is 2010. The zero-order chi connectivity index (χ0) is 33.0. The summed E-state index contributed by atoms with van der Waals surface area (Å²) in [6.45, 7) is 4.19. The molecule has 1 atom stereocenters. The van der Waals surface area contributed by atoms with Crippen molar-refractivity contribution in [3.8, 4) is 17.2 Å². The molecule has 0 amide bonds. The number of benzene rings is 3. The second-order valence-electron chi connectivity index (χ2n) is 10.2. The lowest BCUT2D eigenvalue weighted by atomic mass is 9.93. The summed E-state index contributed by atoms with van der Waals surface area (Å²) in [5.74, 6) is 1.14. The summed E-state index contributed by atoms with van der Waals surface area (Å²) in [4.78, 5) is 33.0. The van der Waals surface area contributed by atoms with E-state index in [9.17, 15) is 9.59 Å². The number of carbonyl (C=O) groups excluding carboxylic acids is 1. The number of hydrogen-bond donors (Lipinski definition) is 0. The van der Waals surface area contributed by atoms with Crippen molar-refractivity contribution in [2.75, 3.05) is 20.8 Å². The summed E-state index contributed by atoms with van der Waals surface area (Å²) in [6.07, 6.45) is 3.06. The molecule has 46 heavy (non-hydrogen) atoms. The van der Waals surface area contributed by atoms with Crippen LogP contribution in [0.1, 0.15) is 49.4 Å². The number of allylic oxidation sites excluding steroid dienone is 1. The van der Waals surface area contributed by atoms with Crippen LogP contribution in [-0.4, -0.2) is 31.4 Å². The van der Waals surface area contributed by atoms with Crippen LogP contribution < -0.4 is 29.1 Å². The fourth-order valence-electron chi connectivity index (χ4n) is 5.14. The monoisotopic (exact) mass is 744 g/mol. The van der Waals surface area contributed by atoms with Crippen molar-refractivity contribution in [3.63, 3.8) is 0 Å². The van der Waals surface area contributed by atoms with Gasteiger partial charge in [-0.2, -0.15) is 0 Å². The summed E-state index contributed by atoms with van der Waals surface area (Å²) >= 11 is 17.2. The molecule has 0 saturated carbocycles. The zero-order valence-electron chi connectivity index (χ0n) is 25.6. The molecule has 0 fully saturated rings. The minimum absolute atomic E-state index is 0.176. The van der Waals surface area contributed by atoms with Crippen LogP contribution in [0.4, 0.5) is 0 Å². The minimum Gasteiger partial charge on any atom is -0.497 e. The molecule has 4 aromatic rings. The van der Waals surface area contributed by atoms with Gasteiger partial charge in [0.15, 0.2) is 4.80 Å². The van der Waals surface area contributed by atoms with E-state index in [2.05, 4.69) is 15.9 Å². The molecular formula is C34H31BrCl2N2O6S. The largest absolute Gasteiger partial charge is 0.497 e. The molecule has 2 heterocycles. The number of aromatic nitrogens is 1. The summed E-state index contributed by atoms with van der Waals surface area (Å²) in [5, 5.41) is 1.07. The molecule has 3 aromatic carbocycles. The molecule has 1 aromatic heterocycles. The van der Waals surface area contributed by atoms with Crippen molar-refractivity contribution in [1.29, 1.82) is 0 Å². The Morgan fingerprint density at radius 2 is 1.83 bits per heavy atom. The highest BCUT2D eigenvalue weighted by Crippen LogP contribution is 2.39. The Hall–Kier alpha value is -3.57. The molecule has 0 saturated heterocycles. The number of esters is 1. The molecule has 1 aliphatic rings. The van der Waals surface area contributed by atoms with Crippen LogP contribution >= 0.6 is 50.5 Å². The maximum Gasteiger partial charge on any atom is 0.338 e. The van der Waals surface area contributed by atoms with E-state index in [0.29, 0.717) is 64.4 Å². The van der Waals surface area contributed by atoms with Gasteiger partial charge in [-0.3, -0.25) is 9.36 Å². The third kappa shape index (κ3) is 7.05. The quantitative estimate of drug-likeness (QED) is 0.151. The highest BCUT2D eigenvalue weighted by molar-refractivity contribution is 9.10. The average Bonchev–Trinajstić information content (AvgIpc) is 3.34. The van der Waals surface area contributed by atoms with E-state index in [1.165, 1.54) is 11.3 Å². The molecule has 0 radical (unpaired) electrons. The molecule has 5 rings (SSSR count). The predicted octanol–water partition coefficient (Wildman–Crippen LogP) is 7.24. The first kappa shape index (κ1) is 33.8. The molecule has 12 heteroatoms. The van der Waals surface area contributed by atoms with Crippen LogP contribution in [-0.2, 0) is 16.1 Å². The van der Waals surface area contributed by atoms with Gasteiger partial charge >= 0.3 is 5.97 Å². The molecule has 0 N–H and O–H groups in total. The molecule has 240 valence electrons. The minimum atomic E-state index is -0.841. The summed E-state index contributed by atoms with van der Waals surface area (Å²) in [6, 6.07) is 15.3. The molecule has 1 aliphatic heterocycles. The van der Waals surface area contributed by atoms with E-state index in [4.69, 9.17) is 47.1 Å². The fourth-order valence-corrected chi connectivity index (χ4v) is 7.13. The first-order chi connectivity index (χ1) is 22.2. The van der Waals surface area contributed by atoms with Gasteiger partial charge in [-0.25, -0.2) is 9.79 Å². The van der Waals surface area contributed by atoms with Crippen LogP contribution in [0, 0.1) is 0 Å². The van der Waals surface area contributed by atoms with E-state index in [-0.39, 0.29) is 18.8 Å². The summed E-state index contributed by atoms with van der Waals surface area (Å²) < 4.78 is 25.4. The number of rotatable bonds is 11. The third-order valence-corrected chi connectivity index (χ3v) is 9.47. The number of hydrogen-bond acceptors (Lipinski definition) is 8. The highest BCUT2D eigenvalue weighted by Gasteiger charge is 2.36. The molecule has 0 aliphatic carbocycles. The van der Waals surface area contributed by atoms with Gasteiger partial charge in [0.25, 0.3) is 5.56 Å². The van der Waals surface area contributed by atoms with Crippen LogP contribution in [0.25, 0.3) is 6.08 Å². The Kier molecular flexibility index (Phi) is 10.9. The second-order valence-corrected chi connectivity index (χ2v) is 12.9. The fraction of sp³-hybridized carbons (Fsp3) is 0.265.